The van der Waals surface area contributed by atoms with Crippen LogP contribution in [0, 0.1) is 0 Å². The number of carbonyl (C=O) groups is 1. The van der Waals surface area contributed by atoms with Gasteiger partial charge in [-0.05, 0) is 70.6 Å². The maximum absolute atomic E-state index is 13.2. The third kappa shape index (κ3) is 23.0. The number of hydrogen-bond acceptors (Lipinski definition) is 18. The van der Waals surface area contributed by atoms with Crippen molar-refractivity contribution in [2.24, 2.45) is 0 Å². The van der Waals surface area contributed by atoms with Gasteiger partial charge in [0.15, 0.2) is 18.9 Å². The van der Waals surface area contributed by atoms with E-state index in [0.29, 0.717) is 19.3 Å². The first-order valence-electron chi connectivity index (χ1n) is 26.3. The van der Waals surface area contributed by atoms with Crippen molar-refractivity contribution in [2.75, 3.05) is 26.4 Å². The molecule has 0 aromatic carbocycles. The summed E-state index contributed by atoms with van der Waals surface area (Å²) in [6.45, 7) is 1.46. The van der Waals surface area contributed by atoms with Crippen LogP contribution in [0.3, 0.4) is 0 Å². The summed E-state index contributed by atoms with van der Waals surface area (Å²) in [6.07, 6.45) is 16.0. The smallest absolute Gasteiger partial charge is 0.220 e. The molecular weight excluding hydrogens is 951 g/mol. The molecule has 0 aliphatic carbocycles. The highest BCUT2D eigenvalue weighted by molar-refractivity contribution is 5.76. The fourth-order valence-electron chi connectivity index (χ4n) is 8.30. The minimum atomic E-state index is -1.99. The molecule has 12 N–H and O–H groups in total. The normalized spacial score (nSPS) is 32.4. The third-order valence-corrected chi connectivity index (χ3v) is 12.7. The Morgan fingerprint density at radius 1 is 0.507 bits per heavy atom. The molecule has 0 aromatic rings. The van der Waals surface area contributed by atoms with E-state index in [1.807, 2.05) is 12.2 Å². The Morgan fingerprint density at radius 3 is 1.52 bits per heavy atom. The van der Waals surface area contributed by atoms with Crippen LogP contribution in [0.25, 0.3) is 0 Å². The number of allylic oxidation sites excluding steroid dienone is 13. The average Bonchev–Trinajstić information content (AvgIpc) is 3.39. The number of rotatable bonds is 35. The summed E-state index contributed by atoms with van der Waals surface area (Å²) < 4.78 is 34.0. The zero-order valence-corrected chi connectivity index (χ0v) is 42.8. The summed E-state index contributed by atoms with van der Waals surface area (Å²) in [6, 6.07) is -1.02. The van der Waals surface area contributed by atoms with E-state index in [1.165, 1.54) is 25.7 Å². The number of hydrogen-bond donors (Lipinski definition) is 12. The van der Waals surface area contributed by atoms with Gasteiger partial charge in [-0.1, -0.05) is 125 Å². The number of nitrogens with one attached hydrogen (secondary N) is 1. The van der Waals surface area contributed by atoms with Crippen LogP contribution in [0.15, 0.2) is 85.1 Å². The first-order chi connectivity index (χ1) is 35.3. The van der Waals surface area contributed by atoms with Crippen LogP contribution in [0.1, 0.15) is 117 Å². The van der Waals surface area contributed by atoms with Crippen molar-refractivity contribution in [1.82, 2.24) is 5.32 Å². The molecule has 19 nitrogen and oxygen atoms in total. The molecule has 19 heteroatoms. The topological polar surface area (TPSA) is 307 Å². The van der Waals surface area contributed by atoms with Gasteiger partial charge < -0.3 is 89.9 Å². The second kappa shape index (κ2) is 37.7. The summed E-state index contributed by atoms with van der Waals surface area (Å²) in [5.74, 6) is -0.350. The SMILES string of the molecule is CC/C=C\C/C=C\C/C=C\C/C=C\C/C=C\CCCC(=O)NC(COC1OC(CO)C(OC2OC(CO)C(OC3OC(CO)C(O)C(O)C3O)C(O)C2O)C(O)C1O)C(O)/C=C/CC/C=C/CCCCCCC. The molecule has 3 heterocycles. The highest BCUT2D eigenvalue weighted by atomic mass is 16.8. The summed E-state index contributed by atoms with van der Waals surface area (Å²) in [7, 11) is 0. The molecule has 3 aliphatic heterocycles. The van der Waals surface area contributed by atoms with Crippen LogP contribution in [0.5, 0.6) is 0 Å². The minimum absolute atomic E-state index is 0.152. The van der Waals surface area contributed by atoms with Gasteiger partial charge in [-0.25, -0.2) is 0 Å². The fraction of sp³-hybridized carbons (Fsp3) is 0.722. The Bertz CT molecular complexity index is 1670. The van der Waals surface area contributed by atoms with Gasteiger partial charge in [0.05, 0.1) is 38.6 Å². The van der Waals surface area contributed by atoms with Crippen LogP contribution in [-0.2, 0) is 33.2 Å². The van der Waals surface area contributed by atoms with Gasteiger partial charge >= 0.3 is 0 Å². The maximum Gasteiger partial charge on any atom is 0.220 e. The van der Waals surface area contributed by atoms with Gasteiger partial charge in [-0.2, -0.15) is 0 Å². The standard InChI is InChI=1S/C54H89NO18/c1-3-5-7-9-11-13-15-16-17-18-19-20-22-24-26-28-30-32-42(60)55-37(38(59)31-29-27-25-23-21-14-12-10-8-6-4-2)36-68-52-48(66)45(63)50(40(34-57)70-52)73-54-49(67)46(64)51(41(35-58)71-54)72-53-47(65)44(62)43(61)39(33-56)69-53/h5,7,11,13,16-17,19-21,23-24,26,29,31,37-41,43-54,56-59,61-67H,3-4,6,8-10,12,14-15,18,22,25,27-28,30,32-36H2,1-2H3,(H,55,60)/b7-5-,13-11-,17-16-,20-19-,23-21+,26-24-,31-29+. The Morgan fingerprint density at radius 2 is 0.959 bits per heavy atom. The van der Waals surface area contributed by atoms with Crippen LogP contribution < -0.4 is 5.32 Å². The molecule has 0 radical (unpaired) electrons. The molecule has 0 bridgehead atoms. The Balaban J connectivity index is 1.58. The lowest BCUT2D eigenvalue weighted by atomic mass is 9.96. The zero-order chi connectivity index (χ0) is 53.4. The molecule has 17 unspecified atom stereocenters. The Labute approximate surface area is 431 Å². The lowest BCUT2D eigenvalue weighted by Crippen LogP contribution is -2.66. The quantitative estimate of drug-likeness (QED) is 0.0321. The zero-order valence-electron chi connectivity index (χ0n) is 42.8. The second-order valence-electron chi connectivity index (χ2n) is 18.6. The molecule has 3 saturated heterocycles. The number of aliphatic hydroxyl groups excluding tert-OH is 11. The molecule has 3 rings (SSSR count). The van der Waals surface area contributed by atoms with Crippen molar-refractivity contribution in [1.29, 1.82) is 0 Å². The van der Waals surface area contributed by atoms with E-state index in [1.54, 1.807) is 12.2 Å². The van der Waals surface area contributed by atoms with Gasteiger partial charge in [-0.3, -0.25) is 4.79 Å². The number of carbonyl (C=O) groups excluding carboxylic acids is 1. The van der Waals surface area contributed by atoms with Gasteiger partial charge in [0, 0.05) is 6.42 Å². The molecule has 1 amide bonds. The minimum Gasteiger partial charge on any atom is -0.394 e. The maximum atomic E-state index is 13.2. The first kappa shape index (κ1) is 64.3. The number of amides is 1. The molecule has 0 saturated carbocycles. The van der Waals surface area contributed by atoms with Gasteiger partial charge in [0.1, 0.15) is 73.2 Å². The monoisotopic (exact) mass is 1040 g/mol. The Hall–Kier alpha value is -3.03. The summed E-state index contributed by atoms with van der Waals surface area (Å²) in [5.41, 5.74) is 0. The van der Waals surface area contributed by atoms with Crippen molar-refractivity contribution >= 4 is 5.91 Å². The molecule has 418 valence electrons. The van der Waals surface area contributed by atoms with E-state index in [9.17, 15) is 61.0 Å². The average molecular weight is 1040 g/mol. The highest BCUT2D eigenvalue weighted by Gasteiger charge is 2.53. The van der Waals surface area contributed by atoms with E-state index in [-0.39, 0.29) is 12.3 Å². The fourth-order valence-corrected chi connectivity index (χ4v) is 8.30. The van der Waals surface area contributed by atoms with Crippen molar-refractivity contribution in [3.05, 3.63) is 85.1 Å². The van der Waals surface area contributed by atoms with Crippen LogP contribution in [0.4, 0.5) is 0 Å². The van der Waals surface area contributed by atoms with Gasteiger partial charge in [0.2, 0.25) is 5.91 Å². The van der Waals surface area contributed by atoms with Gasteiger partial charge in [-0.15, -0.1) is 0 Å². The number of aliphatic hydroxyl groups is 11. The largest absolute Gasteiger partial charge is 0.394 e. The molecule has 0 aromatic heterocycles. The van der Waals surface area contributed by atoms with Crippen molar-refractivity contribution < 1.29 is 89.4 Å². The van der Waals surface area contributed by atoms with E-state index < -0.39 is 131 Å². The third-order valence-electron chi connectivity index (χ3n) is 12.7. The van der Waals surface area contributed by atoms with Crippen molar-refractivity contribution in [2.45, 2.75) is 221 Å². The van der Waals surface area contributed by atoms with Crippen molar-refractivity contribution in [3.8, 4) is 0 Å². The highest BCUT2D eigenvalue weighted by Crippen LogP contribution is 2.33. The molecule has 73 heavy (non-hydrogen) atoms. The predicted octanol–water partition coefficient (Wildman–Crippen LogP) is 2.47. The summed E-state index contributed by atoms with van der Waals surface area (Å²) >= 11 is 0. The molecule has 3 aliphatic rings. The molecule has 0 spiro atoms. The lowest BCUT2D eigenvalue weighted by molar-refractivity contribution is -0.379. The van der Waals surface area contributed by atoms with E-state index >= 15 is 0 Å². The predicted molar refractivity (Wildman–Crippen MR) is 272 cm³/mol. The summed E-state index contributed by atoms with van der Waals surface area (Å²) in [5, 5.41) is 120. The second-order valence-corrected chi connectivity index (χ2v) is 18.6. The van der Waals surface area contributed by atoms with E-state index in [2.05, 4.69) is 79.9 Å². The first-order valence-corrected chi connectivity index (χ1v) is 26.3. The van der Waals surface area contributed by atoms with E-state index in [4.69, 9.17) is 28.4 Å². The van der Waals surface area contributed by atoms with Crippen molar-refractivity contribution in [3.63, 3.8) is 0 Å². The number of unbranched alkanes of at least 4 members (excludes halogenated alkanes) is 7. The van der Waals surface area contributed by atoms with E-state index in [0.717, 1.165) is 51.4 Å². The van der Waals surface area contributed by atoms with Crippen LogP contribution in [0.2, 0.25) is 0 Å². The number of ether oxygens (including phenoxy) is 6. The lowest BCUT2D eigenvalue weighted by Gasteiger charge is -2.48. The van der Waals surface area contributed by atoms with Crippen LogP contribution in [-0.4, -0.2) is 193 Å². The van der Waals surface area contributed by atoms with Gasteiger partial charge in [0.25, 0.3) is 0 Å². The summed E-state index contributed by atoms with van der Waals surface area (Å²) in [4.78, 5) is 13.2. The molecule has 17 atom stereocenters. The Kier molecular flexibility index (Phi) is 33.2. The molecule has 3 fully saturated rings. The molecular formula is C54H89NO18. The van der Waals surface area contributed by atoms with Crippen LogP contribution >= 0.6 is 0 Å².